The summed E-state index contributed by atoms with van der Waals surface area (Å²) >= 11 is 3.33. The fourth-order valence-electron chi connectivity index (χ4n) is 2.69. The fourth-order valence-corrected chi connectivity index (χ4v) is 3.07. The lowest BCUT2D eigenvalue weighted by atomic mass is 10.1. The lowest BCUT2D eigenvalue weighted by Crippen LogP contribution is -2.38. The van der Waals surface area contributed by atoms with Crippen LogP contribution in [0, 0.1) is 0 Å². The number of hydrogen-bond donors (Lipinski definition) is 1. The molecule has 2 saturated heterocycles. The van der Waals surface area contributed by atoms with Crippen molar-refractivity contribution in [2.24, 2.45) is 0 Å². The summed E-state index contributed by atoms with van der Waals surface area (Å²) in [5, 5.41) is 3.43. The third-order valence-corrected chi connectivity index (χ3v) is 4.09. The summed E-state index contributed by atoms with van der Waals surface area (Å²) < 4.78 is 5.97. The first-order valence-corrected chi connectivity index (χ1v) is 6.34. The highest BCUT2D eigenvalue weighted by Gasteiger charge is 2.41. The Hall–Kier alpha value is -0.810. The molecule has 1 aromatic rings. The zero-order valence-electron chi connectivity index (χ0n) is 8.78. The van der Waals surface area contributed by atoms with Crippen molar-refractivity contribution < 1.29 is 9.21 Å². The molecule has 1 N–H and O–H groups in total. The molecular formula is C11H13BrN2O2. The Morgan fingerprint density at radius 3 is 3.19 bits per heavy atom. The molecule has 1 amide bonds. The average molecular weight is 285 g/mol. The molecule has 2 fully saturated rings. The summed E-state index contributed by atoms with van der Waals surface area (Å²) in [7, 11) is 0. The molecule has 2 aliphatic heterocycles. The Morgan fingerprint density at radius 1 is 1.56 bits per heavy atom. The molecule has 0 spiro atoms. The molecule has 2 aliphatic rings. The molecule has 0 bridgehead atoms. The summed E-state index contributed by atoms with van der Waals surface area (Å²) in [6, 6.07) is 2.59. The van der Waals surface area contributed by atoms with E-state index in [2.05, 4.69) is 21.2 Å². The van der Waals surface area contributed by atoms with Crippen LogP contribution in [0.2, 0.25) is 0 Å². The third kappa shape index (κ3) is 1.50. The normalized spacial score (nSPS) is 28.4. The summed E-state index contributed by atoms with van der Waals surface area (Å²) in [5.74, 6) is 0.431. The number of nitrogens with zero attached hydrogens (tertiary/aromatic N) is 1. The van der Waals surface area contributed by atoms with Crippen LogP contribution in [0.25, 0.3) is 0 Å². The Bertz CT molecular complexity index is 418. The second kappa shape index (κ2) is 3.89. The number of furan rings is 1. The molecule has 0 saturated carbocycles. The monoisotopic (exact) mass is 284 g/mol. The zero-order valence-corrected chi connectivity index (χ0v) is 10.4. The molecular weight excluding hydrogens is 272 g/mol. The summed E-state index contributed by atoms with van der Waals surface area (Å²) in [6.45, 7) is 1.84. The van der Waals surface area contributed by atoms with Gasteiger partial charge in [0.1, 0.15) is 0 Å². The minimum Gasteiger partial charge on any atom is -0.458 e. The first kappa shape index (κ1) is 10.4. The van der Waals surface area contributed by atoms with Crippen molar-refractivity contribution in [1.82, 2.24) is 10.2 Å². The highest BCUT2D eigenvalue weighted by Crippen LogP contribution is 2.28. The van der Waals surface area contributed by atoms with Crippen LogP contribution < -0.4 is 5.32 Å². The number of likely N-dealkylation sites (tertiary alicyclic amines) is 1. The van der Waals surface area contributed by atoms with Gasteiger partial charge in [-0.05, 0) is 41.4 Å². The van der Waals surface area contributed by atoms with Gasteiger partial charge in [-0.2, -0.15) is 0 Å². The minimum atomic E-state index is 0.00748. The third-order valence-electron chi connectivity index (χ3n) is 3.46. The number of nitrogens with one attached hydrogen (secondary N) is 1. The predicted molar refractivity (Wildman–Crippen MR) is 62.3 cm³/mol. The van der Waals surface area contributed by atoms with E-state index in [4.69, 9.17) is 4.42 Å². The Balaban J connectivity index is 1.83. The van der Waals surface area contributed by atoms with Gasteiger partial charge in [0.2, 0.25) is 5.76 Å². The van der Waals surface area contributed by atoms with Gasteiger partial charge in [-0.15, -0.1) is 0 Å². The molecule has 3 heterocycles. The van der Waals surface area contributed by atoms with Crippen LogP contribution in [0.4, 0.5) is 0 Å². The molecule has 5 heteroatoms. The molecule has 86 valence electrons. The van der Waals surface area contributed by atoms with Crippen molar-refractivity contribution >= 4 is 21.8 Å². The Kier molecular flexibility index (Phi) is 2.52. The number of amides is 1. The Morgan fingerprint density at radius 2 is 2.44 bits per heavy atom. The molecule has 3 rings (SSSR count). The largest absolute Gasteiger partial charge is 0.458 e. The van der Waals surface area contributed by atoms with Gasteiger partial charge in [0.25, 0.3) is 5.91 Å². The maximum absolute atomic E-state index is 12.2. The molecule has 0 aromatic carbocycles. The SMILES string of the molecule is O=C(c1occc1Br)N1CCC2NCCC21. The van der Waals surface area contributed by atoms with Gasteiger partial charge in [-0.25, -0.2) is 0 Å². The van der Waals surface area contributed by atoms with Crippen LogP contribution in [0.5, 0.6) is 0 Å². The predicted octanol–water partition coefficient (Wildman–Crippen LogP) is 1.62. The van der Waals surface area contributed by atoms with E-state index in [1.807, 2.05) is 4.90 Å². The highest BCUT2D eigenvalue weighted by atomic mass is 79.9. The molecule has 1 aromatic heterocycles. The van der Waals surface area contributed by atoms with E-state index >= 15 is 0 Å². The van der Waals surface area contributed by atoms with Crippen molar-refractivity contribution in [1.29, 1.82) is 0 Å². The van der Waals surface area contributed by atoms with Crippen molar-refractivity contribution in [2.75, 3.05) is 13.1 Å². The van der Waals surface area contributed by atoms with Crippen molar-refractivity contribution in [3.63, 3.8) is 0 Å². The Labute approximate surface area is 102 Å². The van der Waals surface area contributed by atoms with Gasteiger partial charge < -0.3 is 14.6 Å². The van der Waals surface area contributed by atoms with E-state index in [1.165, 1.54) is 6.26 Å². The van der Waals surface area contributed by atoms with Crippen LogP contribution in [0.3, 0.4) is 0 Å². The van der Waals surface area contributed by atoms with Gasteiger partial charge in [0.05, 0.1) is 10.7 Å². The maximum atomic E-state index is 12.2. The topological polar surface area (TPSA) is 45.5 Å². The number of rotatable bonds is 1. The highest BCUT2D eigenvalue weighted by molar-refractivity contribution is 9.10. The number of carbonyl (C=O) groups is 1. The van der Waals surface area contributed by atoms with Crippen LogP contribution >= 0.6 is 15.9 Å². The average Bonchev–Trinajstić information content (AvgIpc) is 2.90. The quantitative estimate of drug-likeness (QED) is 0.852. The van der Waals surface area contributed by atoms with Gasteiger partial charge >= 0.3 is 0 Å². The minimum absolute atomic E-state index is 0.00748. The van der Waals surface area contributed by atoms with Crippen molar-refractivity contribution in [3.05, 3.63) is 22.6 Å². The van der Waals surface area contributed by atoms with Crippen LogP contribution in [-0.2, 0) is 0 Å². The molecule has 2 atom stereocenters. The van der Waals surface area contributed by atoms with Crippen molar-refractivity contribution in [3.8, 4) is 0 Å². The van der Waals surface area contributed by atoms with Gasteiger partial charge in [-0.3, -0.25) is 4.79 Å². The lowest BCUT2D eigenvalue weighted by Gasteiger charge is -2.22. The summed E-state index contributed by atoms with van der Waals surface area (Å²) in [6.07, 6.45) is 3.64. The first-order chi connectivity index (χ1) is 7.77. The second-order valence-electron chi connectivity index (χ2n) is 4.30. The van der Waals surface area contributed by atoms with E-state index < -0.39 is 0 Å². The fraction of sp³-hybridized carbons (Fsp3) is 0.545. The van der Waals surface area contributed by atoms with Crippen LogP contribution in [0.1, 0.15) is 23.4 Å². The summed E-state index contributed by atoms with van der Waals surface area (Å²) in [5.41, 5.74) is 0. The van der Waals surface area contributed by atoms with E-state index in [1.54, 1.807) is 6.07 Å². The van der Waals surface area contributed by atoms with Gasteiger partial charge in [-0.1, -0.05) is 0 Å². The van der Waals surface area contributed by atoms with Crippen LogP contribution in [0.15, 0.2) is 21.2 Å². The van der Waals surface area contributed by atoms with E-state index in [0.717, 1.165) is 30.4 Å². The number of carbonyl (C=O) groups excluding carboxylic acids is 1. The van der Waals surface area contributed by atoms with E-state index in [0.29, 0.717) is 17.8 Å². The number of fused-ring (bicyclic) bond motifs is 1. The zero-order chi connectivity index (χ0) is 11.1. The molecule has 0 aliphatic carbocycles. The number of hydrogen-bond acceptors (Lipinski definition) is 3. The lowest BCUT2D eigenvalue weighted by molar-refractivity contribution is 0.0703. The van der Waals surface area contributed by atoms with Crippen molar-refractivity contribution in [2.45, 2.75) is 24.9 Å². The second-order valence-corrected chi connectivity index (χ2v) is 5.16. The van der Waals surface area contributed by atoms with Gasteiger partial charge in [0.15, 0.2) is 0 Å². The molecule has 2 unspecified atom stereocenters. The van der Waals surface area contributed by atoms with Crippen LogP contribution in [-0.4, -0.2) is 36.0 Å². The number of halogens is 1. The van der Waals surface area contributed by atoms with E-state index in [-0.39, 0.29) is 5.91 Å². The molecule has 0 radical (unpaired) electrons. The molecule has 16 heavy (non-hydrogen) atoms. The van der Waals surface area contributed by atoms with E-state index in [9.17, 15) is 4.79 Å². The summed E-state index contributed by atoms with van der Waals surface area (Å²) in [4.78, 5) is 14.2. The standard InChI is InChI=1S/C11H13BrN2O2/c12-7-3-6-16-10(7)11(15)14-5-2-8-9(14)1-4-13-8/h3,6,8-9,13H,1-2,4-5H2. The van der Waals surface area contributed by atoms with Gasteiger partial charge in [0, 0.05) is 18.6 Å². The smallest absolute Gasteiger partial charge is 0.291 e. The first-order valence-electron chi connectivity index (χ1n) is 5.55. The maximum Gasteiger partial charge on any atom is 0.291 e. The molecule has 4 nitrogen and oxygen atoms in total.